The van der Waals surface area contributed by atoms with Gasteiger partial charge >= 0.3 is 0 Å². The van der Waals surface area contributed by atoms with E-state index in [4.69, 9.17) is 16.3 Å². The molecule has 0 aliphatic rings. The molecular formula is C19H17ClFN3OS. The predicted octanol–water partition coefficient (Wildman–Crippen LogP) is 5.13. The number of thioether (sulfide) groups is 1. The highest BCUT2D eigenvalue weighted by atomic mass is 35.5. The Balaban J connectivity index is 1.67. The molecule has 0 fully saturated rings. The van der Waals surface area contributed by atoms with Crippen LogP contribution >= 0.6 is 23.4 Å². The number of hydrogen-bond acceptors (Lipinski definition) is 4. The van der Waals surface area contributed by atoms with E-state index in [2.05, 4.69) is 16.8 Å². The zero-order chi connectivity index (χ0) is 18.4. The van der Waals surface area contributed by atoms with Crippen LogP contribution in [0.5, 0.6) is 5.75 Å². The van der Waals surface area contributed by atoms with E-state index in [-0.39, 0.29) is 5.82 Å². The molecule has 4 nitrogen and oxygen atoms in total. The van der Waals surface area contributed by atoms with Gasteiger partial charge in [-0.3, -0.25) is 4.57 Å². The number of halogens is 2. The molecule has 0 N–H and O–H groups in total. The van der Waals surface area contributed by atoms with Gasteiger partial charge in [0.05, 0.1) is 0 Å². The van der Waals surface area contributed by atoms with Crippen LogP contribution in [0.25, 0.3) is 0 Å². The zero-order valence-electron chi connectivity index (χ0n) is 13.9. The van der Waals surface area contributed by atoms with Crippen molar-refractivity contribution in [3.05, 3.63) is 83.4 Å². The number of allylic oxidation sites excluding steroid dienone is 1. The van der Waals surface area contributed by atoms with Gasteiger partial charge in [0.25, 0.3) is 0 Å². The van der Waals surface area contributed by atoms with Crippen LogP contribution in [0.4, 0.5) is 4.39 Å². The van der Waals surface area contributed by atoms with Gasteiger partial charge in [-0.25, -0.2) is 4.39 Å². The molecule has 0 radical (unpaired) electrons. The minimum absolute atomic E-state index is 0.241. The van der Waals surface area contributed by atoms with Crippen molar-refractivity contribution in [1.82, 2.24) is 14.8 Å². The Morgan fingerprint density at radius 1 is 1.12 bits per heavy atom. The minimum Gasteiger partial charge on any atom is -0.486 e. The van der Waals surface area contributed by atoms with Crippen LogP contribution in [0.15, 0.2) is 66.3 Å². The summed E-state index contributed by atoms with van der Waals surface area (Å²) in [6, 6.07) is 13.6. The van der Waals surface area contributed by atoms with Gasteiger partial charge in [-0.15, -0.1) is 16.8 Å². The molecule has 0 aliphatic heterocycles. The summed E-state index contributed by atoms with van der Waals surface area (Å²) in [5.74, 6) is 1.85. The fraction of sp³-hybridized carbons (Fsp3) is 0.158. The first kappa shape index (κ1) is 18.5. The molecule has 3 aromatic rings. The topological polar surface area (TPSA) is 39.9 Å². The van der Waals surface area contributed by atoms with Crippen LogP contribution in [-0.4, -0.2) is 14.8 Å². The van der Waals surface area contributed by atoms with Crippen molar-refractivity contribution in [3.63, 3.8) is 0 Å². The second kappa shape index (κ2) is 8.87. The van der Waals surface area contributed by atoms with Crippen LogP contribution < -0.4 is 4.74 Å². The third kappa shape index (κ3) is 4.86. The summed E-state index contributed by atoms with van der Waals surface area (Å²) < 4.78 is 20.7. The standard InChI is InChI=1S/C19H17ClFN3OS/c1-2-11-24-18(12-25-17-9-5-15(20)6-10-17)22-23-19(24)26-13-14-3-7-16(21)8-4-14/h2-10H,1,11-13H2. The molecule has 0 unspecified atom stereocenters. The molecule has 7 heteroatoms. The lowest BCUT2D eigenvalue weighted by molar-refractivity contribution is 0.289. The SMILES string of the molecule is C=CCn1c(COc2ccc(Cl)cc2)nnc1SCc1ccc(F)cc1. The monoisotopic (exact) mass is 389 g/mol. The van der Waals surface area contributed by atoms with Gasteiger partial charge in [0.1, 0.15) is 18.2 Å². The Morgan fingerprint density at radius 2 is 1.85 bits per heavy atom. The predicted molar refractivity (Wildman–Crippen MR) is 102 cm³/mol. The van der Waals surface area contributed by atoms with Crippen molar-refractivity contribution in [1.29, 1.82) is 0 Å². The van der Waals surface area contributed by atoms with Gasteiger partial charge in [-0.05, 0) is 42.0 Å². The van der Waals surface area contributed by atoms with Gasteiger partial charge in [-0.2, -0.15) is 0 Å². The first-order valence-corrected chi connectivity index (χ1v) is 9.30. The number of ether oxygens (including phenoxy) is 1. The number of rotatable bonds is 8. The maximum absolute atomic E-state index is 13.0. The van der Waals surface area contributed by atoms with Crippen LogP contribution in [0.1, 0.15) is 11.4 Å². The quantitative estimate of drug-likeness (QED) is 0.395. The molecule has 0 aliphatic carbocycles. The first-order valence-electron chi connectivity index (χ1n) is 7.94. The second-order valence-corrected chi connectivity index (χ2v) is 6.83. The second-order valence-electron chi connectivity index (χ2n) is 5.46. The summed E-state index contributed by atoms with van der Waals surface area (Å²) in [5.41, 5.74) is 1.02. The minimum atomic E-state index is -0.241. The van der Waals surface area contributed by atoms with Gasteiger partial charge in [-0.1, -0.05) is 41.6 Å². The summed E-state index contributed by atoms with van der Waals surface area (Å²) in [7, 11) is 0. The first-order chi connectivity index (χ1) is 12.7. The maximum Gasteiger partial charge on any atom is 0.191 e. The molecule has 1 aromatic heterocycles. The van der Waals surface area contributed by atoms with Gasteiger partial charge < -0.3 is 4.74 Å². The molecule has 134 valence electrons. The van der Waals surface area contributed by atoms with E-state index in [1.54, 1.807) is 42.5 Å². The highest BCUT2D eigenvalue weighted by Gasteiger charge is 2.12. The molecule has 0 atom stereocenters. The fourth-order valence-corrected chi connectivity index (χ4v) is 3.30. The zero-order valence-corrected chi connectivity index (χ0v) is 15.5. The lowest BCUT2D eigenvalue weighted by Crippen LogP contribution is -2.07. The Morgan fingerprint density at radius 3 is 2.54 bits per heavy atom. The van der Waals surface area contributed by atoms with E-state index >= 15 is 0 Å². The molecular weight excluding hydrogens is 373 g/mol. The number of hydrogen-bond donors (Lipinski definition) is 0. The summed E-state index contributed by atoms with van der Waals surface area (Å²) in [6.45, 7) is 4.66. The van der Waals surface area contributed by atoms with Crippen molar-refractivity contribution in [2.45, 2.75) is 24.1 Å². The van der Waals surface area contributed by atoms with Gasteiger partial charge in [0, 0.05) is 17.3 Å². The third-order valence-electron chi connectivity index (χ3n) is 3.57. The molecule has 0 saturated carbocycles. The molecule has 0 saturated heterocycles. The van der Waals surface area contributed by atoms with E-state index in [9.17, 15) is 4.39 Å². The van der Waals surface area contributed by atoms with E-state index in [1.807, 2.05) is 4.57 Å². The smallest absolute Gasteiger partial charge is 0.191 e. The van der Waals surface area contributed by atoms with Crippen molar-refractivity contribution >= 4 is 23.4 Å². The van der Waals surface area contributed by atoms with E-state index in [0.29, 0.717) is 35.5 Å². The normalized spacial score (nSPS) is 10.7. The summed E-state index contributed by atoms with van der Waals surface area (Å²) in [4.78, 5) is 0. The Labute approximate surface area is 160 Å². The number of aromatic nitrogens is 3. The number of nitrogens with zero attached hydrogens (tertiary/aromatic N) is 3. The average molecular weight is 390 g/mol. The van der Waals surface area contributed by atoms with Gasteiger partial charge in [0.15, 0.2) is 11.0 Å². The van der Waals surface area contributed by atoms with Crippen molar-refractivity contribution < 1.29 is 9.13 Å². The summed E-state index contributed by atoms with van der Waals surface area (Å²) >= 11 is 7.41. The van der Waals surface area contributed by atoms with E-state index in [1.165, 1.54) is 23.9 Å². The molecule has 0 bridgehead atoms. The lowest BCUT2D eigenvalue weighted by atomic mass is 10.2. The molecule has 26 heavy (non-hydrogen) atoms. The molecule has 1 heterocycles. The van der Waals surface area contributed by atoms with Crippen LogP contribution in [0, 0.1) is 5.82 Å². The largest absolute Gasteiger partial charge is 0.486 e. The maximum atomic E-state index is 13.0. The van der Waals surface area contributed by atoms with Crippen molar-refractivity contribution in [3.8, 4) is 5.75 Å². The Bertz CT molecular complexity index is 798. The Kier molecular flexibility index (Phi) is 6.30. The molecule has 2 aromatic carbocycles. The van der Waals surface area contributed by atoms with E-state index in [0.717, 1.165) is 10.7 Å². The van der Waals surface area contributed by atoms with Crippen LogP contribution in [-0.2, 0) is 18.9 Å². The van der Waals surface area contributed by atoms with E-state index < -0.39 is 0 Å². The summed E-state index contributed by atoms with van der Waals surface area (Å²) in [6.07, 6.45) is 1.79. The van der Waals surface area contributed by atoms with Crippen molar-refractivity contribution in [2.75, 3.05) is 0 Å². The average Bonchev–Trinajstić information content (AvgIpc) is 3.03. The number of benzene rings is 2. The van der Waals surface area contributed by atoms with Crippen molar-refractivity contribution in [2.24, 2.45) is 0 Å². The molecule has 0 spiro atoms. The fourth-order valence-electron chi connectivity index (χ4n) is 2.25. The third-order valence-corrected chi connectivity index (χ3v) is 4.86. The molecule has 3 rings (SSSR count). The van der Waals surface area contributed by atoms with Crippen LogP contribution in [0.3, 0.4) is 0 Å². The summed E-state index contributed by atoms with van der Waals surface area (Å²) in [5, 5.41) is 9.90. The Hall–Kier alpha value is -2.31. The highest BCUT2D eigenvalue weighted by molar-refractivity contribution is 7.98. The highest BCUT2D eigenvalue weighted by Crippen LogP contribution is 2.23. The van der Waals surface area contributed by atoms with Gasteiger partial charge in [0.2, 0.25) is 0 Å². The molecule has 0 amide bonds. The lowest BCUT2D eigenvalue weighted by Gasteiger charge is -2.09. The van der Waals surface area contributed by atoms with Crippen LogP contribution in [0.2, 0.25) is 5.02 Å².